The van der Waals surface area contributed by atoms with Crippen LogP contribution in [-0.2, 0) is 5.60 Å². The Morgan fingerprint density at radius 1 is 1.67 bits per heavy atom. The zero-order chi connectivity index (χ0) is 11.1. The molecule has 0 saturated carbocycles. The molecule has 1 aliphatic heterocycles. The summed E-state index contributed by atoms with van der Waals surface area (Å²) in [6.45, 7) is 1.95. The summed E-state index contributed by atoms with van der Waals surface area (Å²) >= 11 is 3.02. The predicted octanol–water partition coefficient (Wildman–Crippen LogP) is 2.16. The topological polar surface area (TPSA) is 57.5 Å². The monoisotopic (exact) mass is 244 g/mol. The molecule has 0 aliphatic carbocycles. The predicted molar refractivity (Wildman–Crippen MR) is 61.7 cm³/mol. The fourth-order valence-electron chi connectivity index (χ4n) is 1.84. The van der Waals surface area contributed by atoms with Crippen LogP contribution in [0.15, 0.2) is 11.4 Å². The fourth-order valence-corrected chi connectivity index (χ4v) is 4.32. The summed E-state index contributed by atoms with van der Waals surface area (Å²) in [4.78, 5) is 11.6. The molecular formula is C10H12O3S2. The van der Waals surface area contributed by atoms with E-state index in [1.54, 1.807) is 23.2 Å². The van der Waals surface area contributed by atoms with Crippen molar-refractivity contribution in [1.82, 2.24) is 0 Å². The van der Waals surface area contributed by atoms with Gasteiger partial charge < -0.3 is 10.2 Å². The molecule has 2 heterocycles. The van der Waals surface area contributed by atoms with Crippen LogP contribution in [-0.4, -0.2) is 27.2 Å². The second kappa shape index (κ2) is 3.81. The van der Waals surface area contributed by atoms with Crippen molar-refractivity contribution in [3.8, 4) is 0 Å². The van der Waals surface area contributed by atoms with Gasteiger partial charge in [-0.05, 0) is 23.6 Å². The van der Waals surface area contributed by atoms with E-state index in [1.165, 1.54) is 11.3 Å². The summed E-state index contributed by atoms with van der Waals surface area (Å²) in [6.07, 6.45) is 0.639. The Morgan fingerprint density at radius 3 is 2.93 bits per heavy atom. The van der Waals surface area contributed by atoms with Crippen LogP contribution in [0.4, 0.5) is 0 Å². The van der Waals surface area contributed by atoms with Crippen molar-refractivity contribution in [2.75, 3.05) is 5.75 Å². The second-order valence-electron chi connectivity index (χ2n) is 3.66. The molecule has 5 heteroatoms. The molecular weight excluding hydrogens is 232 g/mol. The average molecular weight is 244 g/mol. The smallest absolute Gasteiger partial charge is 0.336 e. The third-order valence-corrected chi connectivity index (χ3v) is 5.22. The highest BCUT2D eigenvalue weighted by atomic mass is 32.2. The highest BCUT2D eigenvalue weighted by Crippen LogP contribution is 2.46. The number of hydrogen-bond acceptors (Lipinski definition) is 4. The summed E-state index contributed by atoms with van der Waals surface area (Å²) in [5.74, 6) is -0.0713. The lowest BCUT2D eigenvalue weighted by Gasteiger charge is -2.26. The molecule has 2 N–H and O–H groups in total. The summed E-state index contributed by atoms with van der Waals surface area (Å²) in [6, 6.07) is 1.57. The van der Waals surface area contributed by atoms with E-state index in [2.05, 4.69) is 0 Å². The molecule has 1 fully saturated rings. The van der Waals surface area contributed by atoms with Crippen molar-refractivity contribution in [3.63, 3.8) is 0 Å². The van der Waals surface area contributed by atoms with Crippen LogP contribution >= 0.6 is 23.1 Å². The van der Waals surface area contributed by atoms with Crippen LogP contribution in [0.5, 0.6) is 0 Å². The van der Waals surface area contributed by atoms with E-state index < -0.39 is 11.6 Å². The van der Waals surface area contributed by atoms with Crippen LogP contribution in [0.2, 0.25) is 0 Å². The molecule has 2 rings (SSSR count). The van der Waals surface area contributed by atoms with Gasteiger partial charge in [0, 0.05) is 5.25 Å². The Morgan fingerprint density at radius 2 is 2.40 bits per heavy atom. The molecule has 82 valence electrons. The Bertz CT molecular complexity index is 388. The van der Waals surface area contributed by atoms with Gasteiger partial charge in [-0.2, -0.15) is 11.8 Å². The third kappa shape index (κ3) is 1.68. The highest BCUT2D eigenvalue weighted by molar-refractivity contribution is 8.00. The van der Waals surface area contributed by atoms with Gasteiger partial charge in [0.15, 0.2) is 0 Å². The number of carbonyl (C=O) groups is 1. The molecule has 0 aromatic carbocycles. The van der Waals surface area contributed by atoms with Gasteiger partial charge in [0.05, 0.1) is 10.4 Å². The molecule has 15 heavy (non-hydrogen) atoms. The van der Waals surface area contributed by atoms with Gasteiger partial charge in [-0.1, -0.05) is 6.92 Å². The minimum atomic E-state index is -0.955. The first-order valence-electron chi connectivity index (χ1n) is 4.71. The molecule has 1 aromatic rings. The first kappa shape index (κ1) is 11.0. The van der Waals surface area contributed by atoms with Crippen molar-refractivity contribution in [2.45, 2.75) is 24.2 Å². The van der Waals surface area contributed by atoms with Crippen molar-refractivity contribution in [3.05, 3.63) is 21.9 Å². The quantitative estimate of drug-likeness (QED) is 0.837. The van der Waals surface area contributed by atoms with Crippen LogP contribution in [0.1, 0.15) is 28.6 Å². The zero-order valence-corrected chi connectivity index (χ0v) is 9.90. The maximum absolute atomic E-state index is 11.0. The van der Waals surface area contributed by atoms with Crippen molar-refractivity contribution in [2.24, 2.45) is 0 Å². The van der Waals surface area contributed by atoms with Crippen molar-refractivity contribution >= 4 is 29.1 Å². The van der Waals surface area contributed by atoms with Gasteiger partial charge in [-0.3, -0.25) is 0 Å². The van der Waals surface area contributed by atoms with Crippen LogP contribution in [0.3, 0.4) is 0 Å². The maximum atomic E-state index is 11.0. The van der Waals surface area contributed by atoms with E-state index >= 15 is 0 Å². The summed E-state index contributed by atoms with van der Waals surface area (Å²) in [7, 11) is 0. The molecule has 0 amide bonds. The Labute approximate surface area is 96.1 Å². The van der Waals surface area contributed by atoms with E-state index in [0.717, 1.165) is 5.75 Å². The lowest BCUT2D eigenvalue weighted by molar-refractivity contribution is 0.0430. The highest BCUT2D eigenvalue weighted by Gasteiger charge is 2.43. The molecule has 2 atom stereocenters. The molecule has 2 unspecified atom stereocenters. The lowest BCUT2D eigenvalue weighted by atomic mass is 9.93. The van der Waals surface area contributed by atoms with E-state index in [0.29, 0.717) is 11.3 Å². The van der Waals surface area contributed by atoms with E-state index in [4.69, 9.17) is 5.11 Å². The number of carboxylic acid groups (broad SMARTS) is 1. The number of aromatic carboxylic acids is 1. The Balaban J connectivity index is 2.44. The molecule has 1 aromatic heterocycles. The van der Waals surface area contributed by atoms with Gasteiger partial charge >= 0.3 is 5.97 Å². The third-order valence-electron chi connectivity index (χ3n) is 2.81. The summed E-state index contributed by atoms with van der Waals surface area (Å²) in [5, 5.41) is 21.3. The van der Waals surface area contributed by atoms with E-state index in [9.17, 15) is 9.90 Å². The number of aliphatic hydroxyl groups is 1. The fraction of sp³-hybridized carbons (Fsp3) is 0.500. The molecule has 1 saturated heterocycles. The van der Waals surface area contributed by atoms with Crippen LogP contribution in [0, 0.1) is 0 Å². The standard InChI is InChI=1S/C10H12O3S2/c1-6-10(13,3-5-14-6)8-7(9(11)12)2-4-15-8/h2,4,6,13H,3,5H2,1H3,(H,11,12). The van der Waals surface area contributed by atoms with Crippen molar-refractivity contribution < 1.29 is 15.0 Å². The SMILES string of the molecule is CC1SCCC1(O)c1sccc1C(=O)O. The number of thioether (sulfide) groups is 1. The minimum absolute atomic E-state index is 0.0641. The van der Waals surface area contributed by atoms with Gasteiger partial charge in [0.1, 0.15) is 5.60 Å². The van der Waals surface area contributed by atoms with Crippen molar-refractivity contribution in [1.29, 1.82) is 0 Å². The van der Waals surface area contributed by atoms with E-state index in [1.807, 2.05) is 6.92 Å². The van der Waals surface area contributed by atoms with Gasteiger partial charge in [-0.15, -0.1) is 11.3 Å². The summed E-state index contributed by atoms with van der Waals surface area (Å²) in [5.41, 5.74) is -0.705. The zero-order valence-electron chi connectivity index (χ0n) is 8.27. The molecule has 3 nitrogen and oxygen atoms in total. The van der Waals surface area contributed by atoms with Gasteiger partial charge in [-0.25, -0.2) is 4.79 Å². The largest absolute Gasteiger partial charge is 0.478 e. The molecule has 1 aliphatic rings. The Kier molecular flexibility index (Phi) is 2.79. The number of hydrogen-bond donors (Lipinski definition) is 2. The molecule has 0 bridgehead atoms. The van der Waals surface area contributed by atoms with E-state index in [-0.39, 0.29) is 10.8 Å². The average Bonchev–Trinajstić information content (AvgIpc) is 2.75. The van der Waals surface area contributed by atoms with Gasteiger partial charge in [0.25, 0.3) is 0 Å². The molecule has 0 spiro atoms. The number of thiophene rings is 1. The Hall–Kier alpha value is -0.520. The first-order valence-corrected chi connectivity index (χ1v) is 6.64. The molecule has 0 radical (unpaired) electrons. The first-order chi connectivity index (χ1) is 7.05. The van der Waals surface area contributed by atoms with Crippen LogP contribution < -0.4 is 0 Å². The summed E-state index contributed by atoms with van der Waals surface area (Å²) < 4.78 is 0. The number of rotatable bonds is 2. The second-order valence-corrected chi connectivity index (χ2v) is 6.02. The minimum Gasteiger partial charge on any atom is -0.478 e. The number of carboxylic acids is 1. The van der Waals surface area contributed by atoms with Crippen LogP contribution in [0.25, 0.3) is 0 Å². The lowest BCUT2D eigenvalue weighted by Crippen LogP contribution is -2.31. The van der Waals surface area contributed by atoms with Gasteiger partial charge in [0.2, 0.25) is 0 Å². The normalized spacial score (nSPS) is 30.7. The maximum Gasteiger partial charge on any atom is 0.336 e.